The van der Waals surface area contributed by atoms with Crippen molar-refractivity contribution in [1.29, 1.82) is 0 Å². The average Bonchev–Trinajstić information content (AvgIpc) is 2.38. The van der Waals surface area contributed by atoms with Gasteiger partial charge in [0.2, 0.25) is 0 Å². The number of halogens is 1. The first-order valence-electron chi connectivity index (χ1n) is 7.24. The number of anilines is 1. The molecule has 1 aromatic carbocycles. The summed E-state index contributed by atoms with van der Waals surface area (Å²) in [6.07, 6.45) is 2.31. The number of rotatable bonds is 7. The van der Waals surface area contributed by atoms with Crippen molar-refractivity contribution >= 4 is 17.3 Å². The first kappa shape index (κ1) is 16.3. The molecule has 0 bridgehead atoms. The molecular weight excluding hydrogens is 256 g/mol. The Bertz CT molecular complexity index is 386. The Morgan fingerprint density at radius 2 is 1.84 bits per heavy atom. The zero-order chi connectivity index (χ0) is 14.4. The van der Waals surface area contributed by atoms with Crippen molar-refractivity contribution in [1.82, 2.24) is 5.32 Å². The summed E-state index contributed by atoms with van der Waals surface area (Å²) < 4.78 is 0. The normalized spacial score (nSPS) is 11.4. The molecule has 0 aliphatic carbocycles. The molecular formula is C16H27ClN2. The molecule has 3 heteroatoms. The summed E-state index contributed by atoms with van der Waals surface area (Å²) in [4.78, 5) is 2.32. The van der Waals surface area contributed by atoms with E-state index in [1.54, 1.807) is 0 Å². The van der Waals surface area contributed by atoms with Gasteiger partial charge in [-0.25, -0.2) is 0 Å². The summed E-state index contributed by atoms with van der Waals surface area (Å²) in [6.45, 7) is 9.57. The molecule has 0 fully saturated rings. The molecule has 108 valence electrons. The Balaban J connectivity index is 2.81. The minimum absolute atomic E-state index is 0.475. The van der Waals surface area contributed by atoms with Gasteiger partial charge >= 0.3 is 0 Å². The standard InChI is InChI=1S/C16H27ClN2/c1-6-14(7-2)19(5)15-9-8-13(16(17)10-15)11-18-12(3)4/h8-10,12,14,18H,6-7,11H2,1-5H3. The Morgan fingerprint density at radius 3 is 2.32 bits per heavy atom. The second-order valence-electron chi connectivity index (χ2n) is 5.39. The molecule has 0 amide bonds. The molecule has 0 unspecified atom stereocenters. The van der Waals surface area contributed by atoms with Crippen molar-refractivity contribution in [3.63, 3.8) is 0 Å². The van der Waals surface area contributed by atoms with Crippen molar-refractivity contribution in [3.8, 4) is 0 Å². The zero-order valence-corrected chi connectivity index (χ0v) is 13.6. The number of hydrogen-bond acceptors (Lipinski definition) is 2. The van der Waals surface area contributed by atoms with Gasteiger partial charge in [-0.05, 0) is 30.5 Å². The molecule has 19 heavy (non-hydrogen) atoms. The van der Waals surface area contributed by atoms with Gasteiger partial charge in [0.15, 0.2) is 0 Å². The van der Waals surface area contributed by atoms with E-state index < -0.39 is 0 Å². The quantitative estimate of drug-likeness (QED) is 0.794. The van der Waals surface area contributed by atoms with Gasteiger partial charge in [0.05, 0.1) is 0 Å². The summed E-state index contributed by atoms with van der Waals surface area (Å²) in [7, 11) is 2.15. The van der Waals surface area contributed by atoms with Gasteiger partial charge in [0.1, 0.15) is 0 Å². The Kier molecular flexibility index (Phi) is 6.67. The summed E-state index contributed by atoms with van der Waals surface area (Å²) >= 11 is 6.38. The van der Waals surface area contributed by atoms with Gasteiger partial charge in [0, 0.05) is 36.4 Å². The molecule has 1 rings (SSSR count). The van der Waals surface area contributed by atoms with Gasteiger partial charge in [-0.3, -0.25) is 0 Å². The van der Waals surface area contributed by atoms with E-state index in [0.29, 0.717) is 12.1 Å². The third-order valence-corrected chi connectivity index (χ3v) is 3.99. The lowest BCUT2D eigenvalue weighted by Crippen LogP contribution is -2.30. The highest BCUT2D eigenvalue weighted by atomic mass is 35.5. The van der Waals surface area contributed by atoms with Crippen LogP contribution in [-0.4, -0.2) is 19.1 Å². The van der Waals surface area contributed by atoms with E-state index in [0.717, 1.165) is 30.0 Å². The van der Waals surface area contributed by atoms with Crippen LogP contribution in [0.25, 0.3) is 0 Å². The van der Waals surface area contributed by atoms with Crippen LogP contribution in [0, 0.1) is 0 Å². The highest BCUT2D eigenvalue weighted by Crippen LogP contribution is 2.25. The summed E-state index contributed by atoms with van der Waals surface area (Å²) in [5.41, 5.74) is 2.36. The second kappa shape index (κ2) is 7.76. The van der Waals surface area contributed by atoms with E-state index in [2.05, 4.69) is 63.2 Å². The molecule has 0 radical (unpaired) electrons. The lowest BCUT2D eigenvalue weighted by atomic mass is 10.1. The molecule has 0 aromatic heterocycles. The highest BCUT2D eigenvalue weighted by Gasteiger charge is 2.12. The molecule has 1 aromatic rings. The van der Waals surface area contributed by atoms with Gasteiger partial charge in [-0.15, -0.1) is 0 Å². The Hall–Kier alpha value is -0.730. The van der Waals surface area contributed by atoms with Crippen LogP contribution in [-0.2, 0) is 6.54 Å². The molecule has 0 spiro atoms. The smallest absolute Gasteiger partial charge is 0.0471 e. The fourth-order valence-corrected chi connectivity index (χ4v) is 2.50. The molecule has 0 saturated carbocycles. The highest BCUT2D eigenvalue weighted by molar-refractivity contribution is 6.31. The Morgan fingerprint density at radius 1 is 1.21 bits per heavy atom. The van der Waals surface area contributed by atoms with Gasteiger partial charge in [0.25, 0.3) is 0 Å². The predicted octanol–water partition coefficient (Wildman–Crippen LogP) is 4.46. The first-order chi connectivity index (χ1) is 8.99. The topological polar surface area (TPSA) is 15.3 Å². The van der Waals surface area contributed by atoms with Crippen molar-refractivity contribution in [2.24, 2.45) is 0 Å². The van der Waals surface area contributed by atoms with E-state index in [9.17, 15) is 0 Å². The van der Waals surface area contributed by atoms with Crippen LogP contribution < -0.4 is 10.2 Å². The lowest BCUT2D eigenvalue weighted by molar-refractivity contribution is 0.586. The summed E-state index contributed by atoms with van der Waals surface area (Å²) in [6, 6.07) is 7.43. The van der Waals surface area contributed by atoms with Crippen LogP contribution in [0.1, 0.15) is 46.1 Å². The maximum absolute atomic E-state index is 6.38. The van der Waals surface area contributed by atoms with Crippen molar-refractivity contribution < 1.29 is 0 Å². The van der Waals surface area contributed by atoms with Crippen molar-refractivity contribution in [2.45, 2.75) is 59.2 Å². The lowest BCUT2D eigenvalue weighted by Gasteiger charge is -2.29. The predicted molar refractivity (Wildman–Crippen MR) is 86.2 cm³/mol. The first-order valence-corrected chi connectivity index (χ1v) is 7.62. The minimum atomic E-state index is 0.475. The SMILES string of the molecule is CCC(CC)N(C)c1ccc(CNC(C)C)c(Cl)c1. The molecule has 0 aliphatic heterocycles. The molecule has 0 aliphatic rings. The molecule has 0 saturated heterocycles. The fourth-order valence-electron chi connectivity index (χ4n) is 2.26. The van der Waals surface area contributed by atoms with E-state index in [4.69, 9.17) is 11.6 Å². The second-order valence-corrected chi connectivity index (χ2v) is 5.80. The van der Waals surface area contributed by atoms with Crippen LogP contribution in [0.4, 0.5) is 5.69 Å². The maximum atomic E-state index is 6.38. The largest absolute Gasteiger partial charge is 0.372 e. The monoisotopic (exact) mass is 282 g/mol. The summed E-state index contributed by atoms with van der Waals surface area (Å²) in [5.74, 6) is 0. The molecule has 2 nitrogen and oxygen atoms in total. The fraction of sp³-hybridized carbons (Fsp3) is 0.625. The zero-order valence-electron chi connectivity index (χ0n) is 12.8. The van der Waals surface area contributed by atoms with Crippen LogP contribution >= 0.6 is 11.6 Å². The van der Waals surface area contributed by atoms with E-state index in [1.165, 1.54) is 5.69 Å². The van der Waals surface area contributed by atoms with E-state index in [1.807, 2.05) is 0 Å². The summed E-state index contributed by atoms with van der Waals surface area (Å²) in [5, 5.41) is 4.25. The van der Waals surface area contributed by atoms with Crippen molar-refractivity contribution in [3.05, 3.63) is 28.8 Å². The van der Waals surface area contributed by atoms with Crippen LogP contribution in [0.5, 0.6) is 0 Å². The van der Waals surface area contributed by atoms with E-state index >= 15 is 0 Å². The van der Waals surface area contributed by atoms with Crippen LogP contribution in [0.2, 0.25) is 5.02 Å². The van der Waals surface area contributed by atoms with Crippen molar-refractivity contribution in [2.75, 3.05) is 11.9 Å². The van der Waals surface area contributed by atoms with Crippen LogP contribution in [0.15, 0.2) is 18.2 Å². The number of nitrogens with one attached hydrogen (secondary N) is 1. The van der Waals surface area contributed by atoms with Gasteiger partial charge < -0.3 is 10.2 Å². The maximum Gasteiger partial charge on any atom is 0.0471 e. The minimum Gasteiger partial charge on any atom is -0.372 e. The molecule has 1 N–H and O–H groups in total. The Labute approximate surface area is 123 Å². The van der Waals surface area contributed by atoms with Gasteiger partial charge in [-0.1, -0.05) is 45.4 Å². The molecule has 0 heterocycles. The third kappa shape index (κ3) is 4.70. The number of hydrogen-bond donors (Lipinski definition) is 1. The van der Waals surface area contributed by atoms with Crippen LogP contribution in [0.3, 0.4) is 0 Å². The van der Waals surface area contributed by atoms with Gasteiger partial charge in [-0.2, -0.15) is 0 Å². The van der Waals surface area contributed by atoms with E-state index in [-0.39, 0.29) is 0 Å². The molecule has 0 atom stereocenters. The average molecular weight is 283 g/mol. The number of nitrogens with zero attached hydrogens (tertiary/aromatic N) is 1. The number of benzene rings is 1. The third-order valence-electron chi connectivity index (χ3n) is 3.63.